The third kappa shape index (κ3) is 28.3. The van der Waals surface area contributed by atoms with Crippen LogP contribution in [0, 0.1) is 0 Å². The highest BCUT2D eigenvalue weighted by atomic mass is 31.2. The van der Waals surface area contributed by atoms with E-state index in [9.17, 15) is 53.1 Å². The fourth-order valence-corrected chi connectivity index (χ4v) is 11.8. The molecular weight excluding hydrogens is 1210 g/mol. The summed E-state index contributed by atoms with van der Waals surface area (Å²) in [6, 6.07) is -0.764. The number of unbranched alkanes of at least 4 members (excludes halogenated alkanes) is 7. The number of nitrogen functional groups attached to an aromatic ring is 1. The average Bonchev–Trinajstić information content (AvgIpc) is 1.98. The summed E-state index contributed by atoms with van der Waals surface area (Å²) in [7, 11) is -7.92. The molecule has 2 aliphatic rings. The van der Waals surface area contributed by atoms with E-state index in [-0.39, 0.29) is 144 Å². The minimum Gasteiger partial charge on any atom is -0.396 e. The number of Topliss-reactive ketones (excluding diaryl/α,β-unsaturated/α-hetero) is 3. The number of nitrogens with one attached hydrogen (secondary N) is 2. The second-order valence-corrected chi connectivity index (χ2v) is 27.0. The fraction of sp³-hybridized carbons (Fsp3) is 0.807. The van der Waals surface area contributed by atoms with Gasteiger partial charge in [-0.25, -0.2) is 15.0 Å². The second kappa shape index (κ2) is 40.7. The molecule has 89 heavy (non-hydrogen) atoms. The number of carbonyl (C=O) groups is 6. The SMILES string of the molecule is COC(C)(C)P(=O)(O)OC[C@H]1O[C@@H](n2cnc3c(N)ncnc32)C[C@@H]1O[P+](O)(O)OC[C@@H]1C[C@@H](O)CN1C(=O)CCCCCCC(=O)NC(COCCC(=O)CCCCN)(COCCC(=O)CCCCN)COCCC(=O)NCCCCC(=O)CCCCO. The lowest BCUT2D eigenvalue weighted by Crippen LogP contribution is -2.58. The molecule has 2 aromatic heterocycles. The highest BCUT2D eigenvalue weighted by Crippen LogP contribution is 2.58. The molecular formula is C57H101N10O20P2+. The summed E-state index contributed by atoms with van der Waals surface area (Å²) in [5.74, 6) is -0.704. The Labute approximate surface area is 522 Å². The molecule has 4 heterocycles. The number of methoxy groups -OCH3 is 1. The highest BCUT2D eigenvalue weighted by Gasteiger charge is 2.52. The highest BCUT2D eigenvalue weighted by molar-refractivity contribution is 7.54. The number of ketones is 3. The molecule has 0 aliphatic carbocycles. The molecule has 0 aromatic carbocycles. The van der Waals surface area contributed by atoms with Crippen molar-refractivity contribution in [3.8, 4) is 0 Å². The van der Waals surface area contributed by atoms with Gasteiger partial charge < -0.3 is 76.0 Å². The van der Waals surface area contributed by atoms with Crippen LogP contribution in [0.4, 0.5) is 5.82 Å². The van der Waals surface area contributed by atoms with E-state index in [0.717, 1.165) is 0 Å². The van der Waals surface area contributed by atoms with Gasteiger partial charge in [0.2, 0.25) is 17.7 Å². The van der Waals surface area contributed by atoms with Gasteiger partial charge in [0.05, 0.1) is 64.7 Å². The van der Waals surface area contributed by atoms with Crippen molar-refractivity contribution >= 4 is 67.8 Å². The molecule has 6 atom stereocenters. The summed E-state index contributed by atoms with van der Waals surface area (Å²) in [6.07, 6.45) is 7.54. The lowest BCUT2D eigenvalue weighted by atomic mass is 10.0. The van der Waals surface area contributed by atoms with Crippen molar-refractivity contribution in [3.63, 3.8) is 0 Å². The maximum Gasteiger partial charge on any atom is 0.570 e. The van der Waals surface area contributed by atoms with E-state index in [1.54, 1.807) is 0 Å². The Balaban J connectivity index is 1.32. The number of aliphatic hydroxyl groups excluding tert-OH is 2. The first-order valence-corrected chi connectivity index (χ1v) is 34.2. The van der Waals surface area contributed by atoms with Crippen LogP contribution in [-0.2, 0) is 70.6 Å². The summed E-state index contributed by atoms with van der Waals surface area (Å²) in [6.45, 7) is 2.82. The van der Waals surface area contributed by atoms with E-state index in [1.807, 2.05) is 0 Å². The minimum atomic E-state index is -4.72. The van der Waals surface area contributed by atoms with Gasteiger partial charge in [-0.1, -0.05) is 12.8 Å². The van der Waals surface area contributed by atoms with E-state index >= 15 is 0 Å². The van der Waals surface area contributed by atoms with Crippen LogP contribution in [0.2, 0.25) is 0 Å². The zero-order valence-electron chi connectivity index (χ0n) is 52.2. The van der Waals surface area contributed by atoms with Gasteiger partial charge in [-0.2, -0.15) is 14.3 Å². The number of aliphatic hydroxyl groups is 2. The van der Waals surface area contributed by atoms with Gasteiger partial charge in [0.1, 0.15) is 59.8 Å². The van der Waals surface area contributed by atoms with Gasteiger partial charge in [0.25, 0.3) is 0 Å². The number of nitrogens with zero attached hydrogens (tertiary/aromatic N) is 5. The molecule has 0 radical (unpaired) electrons. The number of hydrogen-bond acceptors (Lipinski definition) is 25. The molecule has 13 N–H and O–H groups in total. The van der Waals surface area contributed by atoms with Gasteiger partial charge in [-0.05, 0) is 97.6 Å². The Hall–Kier alpha value is -4.17. The van der Waals surface area contributed by atoms with Gasteiger partial charge in [-0.15, -0.1) is 4.52 Å². The zero-order chi connectivity index (χ0) is 65.3. The number of hydrogen-bond donors (Lipinski definition) is 10. The first kappa shape index (κ1) is 77.3. The average molecular weight is 1310 g/mol. The van der Waals surface area contributed by atoms with Crippen LogP contribution >= 0.6 is 15.8 Å². The van der Waals surface area contributed by atoms with E-state index in [1.165, 1.54) is 43.1 Å². The molecule has 3 amide bonds. The van der Waals surface area contributed by atoms with E-state index in [2.05, 4.69) is 25.6 Å². The molecule has 0 bridgehead atoms. The Bertz CT molecular complexity index is 2490. The molecule has 30 nitrogen and oxygen atoms in total. The molecule has 2 saturated heterocycles. The van der Waals surface area contributed by atoms with Crippen molar-refractivity contribution < 1.29 is 95.5 Å². The summed E-state index contributed by atoms with van der Waals surface area (Å²) < 4.78 is 60.9. The van der Waals surface area contributed by atoms with E-state index in [0.29, 0.717) is 128 Å². The predicted molar refractivity (Wildman–Crippen MR) is 327 cm³/mol. The molecule has 4 rings (SSSR count). The van der Waals surface area contributed by atoms with Crippen LogP contribution in [0.25, 0.3) is 11.2 Å². The monoisotopic (exact) mass is 1310 g/mol. The van der Waals surface area contributed by atoms with E-state index in [4.69, 9.17) is 59.6 Å². The number of nitrogens with two attached hydrogens (primary N) is 3. The molecule has 508 valence electrons. The Kier molecular flexibility index (Phi) is 35.4. The number of amides is 3. The Morgan fingerprint density at radius 3 is 1.92 bits per heavy atom. The van der Waals surface area contributed by atoms with Crippen molar-refractivity contribution in [2.24, 2.45) is 11.5 Å². The van der Waals surface area contributed by atoms with Crippen molar-refractivity contribution in [3.05, 3.63) is 12.7 Å². The smallest absolute Gasteiger partial charge is 0.396 e. The normalized spacial score (nSPS) is 18.8. The lowest BCUT2D eigenvalue weighted by molar-refractivity contribution is -0.133. The molecule has 0 saturated carbocycles. The number of β-amino-alcohol motifs (C(OH)–C–C–N with tert-alkyl or cyclic N) is 1. The van der Waals surface area contributed by atoms with Crippen LogP contribution in [0.5, 0.6) is 0 Å². The lowest BCUT2D eigenvalue weighted by Gasteiger charge is -2.34. The zero-order valence-corrected chi connectivity index (χ0v) is 54.0. The third-order valence-corrected chi connectivity index (χ3v) is 18.5. The van der Waals surface area contributed by atoms with Gasteiger partial charge >= 0.3 is 15.8 Å². The summed E-state index contributed by atoms with van der Waals surface area (Å²) >= 11 is 0. The maximum absolute atomic E-state index is 13.8. The second-order valence-electron chi connectivity index (χ2n) is 23.2. The number of rotatable bonds is 51. The topological polar surface area (TPSA) is 443 Å². The quantitative estimate of drug-likeness (QED) is 0.0336. The van der Waals surface area contributed by atoms with Gasteiger partial charge in [0.15, 0.2) is 16.8 Å². The van der Waals surface area contributed by atoms with Crippen molar-refractivity contribution in [1.82, 2.24) is 35.1 Å². The maximum atomic E-state index is 13.8. The van der Waals surface area contributed by atoms with Crippen molar-refractivity contribution in [1.29, 1.82) is 0 Å². The number of fused-ring (bicyclic) bond motifs is 1. The molecule has 1 unspecified atom stereocenters. The molecule has 32 heteroatoms. The number of anilines is 1. The molecule has 2 aliphatic heterocycles. The van der Waals surface area contributed by atoms with Crippen LogP contribution in [0.1, 0.15) is 168 Å². The standard InChI is InChI=1S/C57H100N10O20P2/c1-56(2,80-3)88(76,77)84-36-48-47(33-52(86-48)67-41-64-53-54(60)62-40-63-55(53)67)87-89(78,79)85-35-42-32-46(72)34-66(42)51(75)21-7-5-4-6-20-50(74)65-57(37-81-29-22-44(70)16-8-12-25-58,38-82-30-23-45(71)17-9-13-26-59)39-83-31-24-49(73)61-27-14-10-18-43(69)19-11-15-28-68/h40-42,46-48,52,68,72,78-79H,4-39,58-59H2,1-3H3,(H4-,60,61,62,63,65,73,74,76,77)/p+1/t42-,46+,47-,48+,52+/m0/s1. The van der Waals surface area contributed by atoms with Gasteiger partial charge in [0, 0.05) is 91.0 Å². The number of carbonyl (C=O) groups excluding carboxylic acids is 6. The number of ether oxygens (including phenoxy) is 5. The predicted octanol–water partition coefficient (Wildman–Crippen LogP) is 3.14. The van der Waals surface area contributed by atoms with Crippen molar-refractivity contribution in [2.45, 2.75) is 203 Å². The Morgan fingerprint density at radius 2 is 1.31 bits per heavy atom. The van der Waals surface area contributed by atoms with Crippen LogP contribution in [0.3, 0.4) is 0 Å². The van der Waals surface area contributed by atoms with Crippen LogP contribution < -0.4 is 27.8 Å². The first-order valence-electron chi connectivity index (χ1n) is 31.1. The largest absolute Gasteiger partial charge is 0.570 e. The summed E-state index contributed by atoms with van der Waals surface area (Å²) in [5.41, 5.74) is 16.5. The first-order chi connectivity index (χ1) is 42.5. The van der Waals surface area contributed by atoms with Gasteiger partial charge in [-0.3, -0.25) is 37.9 Å². The van der Waals surface area contributed by atoms with Crippen molar-refractivity contribution in [2.75, 3.05) is 98.5 Å². The van der Waals surface area contributed by atoms with E-state index < -0.39 is 70.4 Å². The van der Waals surface area contributed by atoms with Crippen LogP contribution in [-0.4, -0.2) is 212 Å². The number of aromatic nitrogens is 4. The number of imidazole rings is 1. The molecule has 2 fully saturated rings. The third-order valence-electron chi connectivity index (χ3n) is 15.4. The molecule has 0 spiro atoms. The Morgan fingerprint density at radius 1 is 0.742 bits per heavy atom. The summed E-state index contributed by atoms with van der Waals surface area (Å²) in [4.78, 5) is 124. The summed E-state index contributed by atoms with van der Waals surface area (Å²) in [5, 5.41) is 23.9. The molecule has 2 aromatic rings. The van der Waals surface area contributed by atoms with Crippen LogP contribution in [0.15, 0.2) is 12.7 Å². The minimum absolute atomic E-state index is 0.00101. The number of likely N-dealkylation sites (tertiary alicyclic amines) is 1. The fourth-order valence-electron chi connectivity index (χ4n) is 9.90.